The van der Waals surface area contributed by atoms with Gasteiger partial charge < -0.3 is 9.64 Å². The number of methoxy groups -OCH3 is 1. The van der Waals surface area contributed by atoms with Crippen molar-refractivity contribution in [3.8, 4) is 0 Å². The Kier molecular flexibility index (Phi) is 5.41. The van der Waals surface area contributed by atoms with E-state index in [0.29, 0.717) is 32.5 Å². The SMILES string of the molecule is CCn1cc(S(=O)(=O)N2CCC(N3C(=O)C(OC)C3c3ccncc3)CC2)cn1. The number of β-lactam (4-membered cyclic amide) rings is 1. The molecule has 2 aliphatic heterocycles. The van der Waals surface area contributed by atoms with Crippen LogP contribution >= 0.6 is 0 Å². The first-order valence-corrected chi connectivity index (χ1v) is 11.2. The molecule has 2 atom stereocenters. The summed E-state index contributed by atoms with van der Waals surface area (Å²) in [5.74, 6) is -0.0418. The molecule has 0 aliphatic carbocycles. The number of rotatable bonds is 6. The van der Waals surface area contributed by atoms with Crippen LogP contribution in [0.2, 0.25) is 0 Å². The molecule has 0 saturated carbocycles. The van der Waals surface area contributed by atoms with Crippen LogP contribution in [0.15, 0.2) is 41.8 Å². The second-order valence-corrected chi connectivity index (χ2v) is 9.23. The van der Waals surface area contributed by atoms with Crippen LogP contribution in [-0.2, 0) is 26.1 Å². The first-order valence-electron chi connectivity index (χ1n) is 9.75. The van der Waals surface area contributed by atoms with E-state index in [1.807, 2.05) is 24.0 Å². The van der Waals surface area contributed by atoms with Crippen molar-refractivity contribution in [2.24, 2.45) is 0 Å². The lowest BCUT2D eigenvalue weighted by Gasteiger charge is -2.52. The van der Waals surface area contributed by atoms with Gasteiger partial charge in [0, 0.05) is 51.4 Å². The Labute approximate surface area is 170 Å². The number of likely N-dealkylation sites (tertiary alicyclic amines) is 1. The maximum Gasteiger partial charge on any atom is 0.255 e. The average Bonchev–Trinajstić information content (AvgIpc) is 3.23. The minimum atomic E-state index is -3.57. The molecule has 9 nitrogen and oxygen atoms in total. The summed E-state index contributed by atoms with van der Waals surface area (Å²) in [6, 6.07) is 3.60. The lowest BCUT2D eigenvalue weighted by atomic mass is 9.87. The lowest BCUT2D eigenvalue weighted by molar-refractivity contribution is -0.178. The fourth-order valence-electron chi connectivity index (χ4n) is 4.18. The summed E-state index contributed by atoms with van der Waals surface area (Å²) in [5.41, 5.74) is 0.980. The van der Waals surface area contributed by atoms with Crippen molar-refractivity contribution in [2.75, 3.05) is 20.2 Å². The van der Waals surface area contributed by atoms with Gasteiger partial charge in [-0.2, -0.15) is 9.40 Å². The molecule has 0 radical (unpaired) electrons. The Morgan fingerprint density at radius 1 is 1.21 bits per heavy atom. The van der Waals surface area contributed by atoms with Crippen molar-refractivity contribution in [3.63, 3.8) is 0 Å². The molecule has 0 bridgehead atoms. The molecule has 1 amide bonds. The minimum absolute atomic E-state index is 0.0168. The van der Waals surface area contributed by atoms with Crippen LogP contribution in [0.25, 0.3) is 0 Å². The zero-order valence-corrected chi connectivity index (χ0v) is 17.3. The van der Waals surface area contributed by atoms with E-state index < -0.39 is 16.1 Å². The molecule has 156 valence electrons. The van der Waals surface area contributed by atoms with Crippen LogP contribution in [0.3, 0.4) is 0 Å². The number of carbonyl (C=O) groups excluding carboxylic acids is 1. The molecule has 29 heavy (non-hydrogen) atoms. The third-order valence-corrected chi connectivity index (χ3v) is 7.63. The van der Waals surface area contributed by atoms with Gasteiger partial charge in [0.2, 0.25) is 10.0 Å². The molecule has 2 aromatic heterocycles. The Morgan fingerprint density at radius 2 is 1.90 bits per heavy atom. The summed E-state index contributed by atoms with van der Waals surface area (Å²) in [5, 5.41) is 4.07. The number of sulfonamides is 1. The quantitative estimate of drug-likeness (QED) is 0.649. The molecular formula is C19H25N5O4S. The normalized spacial score (nSPS) is 23.9. The van der Waals surface area contributed by atoms with Crippen LogP contribution in [0.5, 0.6) is 0 Å². The number of aromatic nitrogens is 3. The van der Waals surface area contributed by atoms with Crippen molar-refractivity contribution in [2.45, 2.75) is 49.4 Å². The summed E-state index contributed by atoms with van der Waals surface area (Å²) < 4.78 is 34.3. The van der Waals surface area contributed by atoms with E-state index in [-0.39, 0.29) is 22.9 Å². The molecular weight excluding hydrogens is 394 g/mol. The number of hydrogen-bond donors (Lipinski definition) is 0. The van der Waals surface area contributed by atoms with Gasteiger partial charge in [-0.15, -0.1) is 0 Å². The third-order valence-electron chi connectivity index (χ3n) is 5.77. The molecule has 0 spiro atoms. The zero-order valence-electron chi connectivity index (χ0n) is 16.5. The zero-order chi connectivity index (χ0) is 20.6. The van der Waals surface area contributed by atoms with Gasteiger partial charge in [-0.25, -0.2) is 8.42 Å². The minimum Gasteiger partial charge on any atom is -0.369 e. The monoisotopic (exact) mass is 419 g/mol. The second kappa shape index (κ2) is 7.85. The van der Waals surface area contributed by atoms with Gasteiger partial charge in [0.05, 0.1) is 12.2 Å². The average molecular weight is 420 g/mol. The maximum atomic E-state index is 12.9. The number of hydrogen-bond acceptors (Lipinski definition) is 6. The van der Waals surface area contributed by atoms with Gasteiger partial charge in [0.25, 0.3) is 5.91 Å². The largest absolute Gasteiger partial charge is 0.369 e. The molecule has 2 aliphatic rings. The van der Waals surface area contributed by atoms with Gasteiger partial charge >= 0.3 is 0 Å². The molecule has 2 saturated heterocycles. The third kappa shape index (κ3) is 3.45. The number of nitrogens with zero attached hydrogens (tertiary/aromatic N) is 5. The van der Waals surface area contributed by atoms with Gasteiger partial charge in [0.1, 0.15) is 4.90 Å². The summed E-state index contributed by atoms with van der Waals surface area (Å²) >= 11 is 0. The van der Waals surface area contributed by atoms with E-state index in [1.165, 1.54) is 10.5 Å². The highest BCUT2D eigenvalue weighted by atomic mass is 32.2. The van der Waals surface area contributed by atoms with E-state index in [4.69, 9.17) is 4.74 Å². The Balaban J connectivity index is 1.47. The first kappa shape index (κ1) is 20.0. The molecule has 0 N–H and O–H groups in total. The van der Waals surface area contributed by atoms with E-state index >= 15 is 0 Å². The Morgan fingerprint density at radius 3 is 2.48 bits per heavy atom. The molecule has 10 heteroatoms. The van der Waals surface area contributed by atoms with Gasteiger partial charge in [-0.05, 0) is 37.5 Å². The standard InChI is InChI=1S/C19H25N5O4S/c1-3-22-13-16(12-21-22)29(26,27)23-10-6-15(7-11-23)24-17(18(28-2)19(24)25)14-4-8-20-9-5-14/h4-5,8-9,12-13,15,17-18H,3,6-7,10-11H2,1-2H3. The summed E-state index contributed by atoms with van der Waals surface area (Å²) in [6.07, 6.45) is 7.04. The molecule has 2 aromatic rings. The van der Waals surface area contributed by atoms with E-state index in [1.54, 1.807) is 30.4 Å². The number of ether oxygens (including phenoxy) is 1. The van der Waals surface area contributed by atoms with Crippen LogP contribution in [0.4, 0.5) is 0 Å². The van der Waals surface area contributed by atoms with Crippen LogP contribution in [0.1, 0.15) is 31.4 Å². The lowest BCUT2D eigenvalue weighted by Crippen LogP contribution is -2.64. The van der Waals surface area contributed by atoms with Gasteiger partial charge in [0.15, 0.2) is 6.10 Å². The van der Waals surface area contributed by atoms with Crippen molar-refractivity contribution in [1.82, 2.24) is 24.0 Å². The fourth-order valence-corrected chi connectivity index (χ4v) is 5.60. The highest BCUT2D eigenvalue weighted by Crippen LogP contribution is 2.40. The topological polar surface area (TPSA) is 97.6 Å². The molecule has 2 unspecified atom stereocenters. The summed E-state index contributed by atoms with van der Waals surface area (Å²) in [7, 11) is -2.03. The fraction of sp³-hybridized carbons (Fsp3) is 0.526. The van der Waals surface area contributed by atoms with E-state index in [9.17, 15) is 13.2 Å². The van der Waals surface area contributed by atoms with Crippen LogP contribution in [-0.4, -0.2) is 70.6 Å². The van der Waals surface area contributed by atoms with Crippen molar-refractivity contribution in [3.05, 3.63) is 42.5 Å². The molecule has 0 aromatic carbocycles. The number of piperidine rings is 1. The van der Waals surface area contributed by atoms with Gasteiger partial charge in [-0.1, -0.05) is 0 Å². The summed E-state index contributed by atoms with van der Waals surface area (Å²) in [6.45, 7) is 3.26. The smallest absolute Gasteiger partial charge is 0.255 e. The molecule has 4 rings (SSSR count). The Hall–Kier alpha value is -2.30. The number of aryl methyl sites for hydroxylation is 1. The van der Waals surface area contributed by atoms with E-state index in [0.717, 1.165) is 5.56 Å². The highest BCUT2D eigenvalue weighted by molar-refractivity contribution is 7.89. The predicted molar refractivity (Wildman–Crippen MR) is 104 cm³/mol. The highest BCUT2D eigenvalue weighted by Gasteiger charge is 2.52. The van der Waals surface area contributed by atoms with Crippen molar-refractivity contribution in [1.29, 1.82) is 0 Å². The van der Waals surface area contributed by atoms with Crippen molar-refractivity contribution < 1.29 is 17.9 Å². The number of carbonyl (C=O) groups is 1. The van der Waals surface area contributed by atoms with Crippen molar-refractivity contribution >= 4 is 15.9 Å². The molecule has 4 heterocycles. The number of pyridine rings is 1. The Bertz CT molecular complexity index is 969. The van der Waals surface area contributed by atoms with Crippen LogP contribution < -0.4 is 0 Å². The maximum absolute atomic E-state index is 12.9. The predicted octanol–water partition coefficient (Wildman–Crippen LogP) is 1.05. The van der Waals surface area contributed by atoms with Gasteiger partial charge in [-0.3, -0.25) is 14.5 Å². The first-order chi connectivity index (χ1) is 14.0. The second-order valence-electron chi connectivity index (χ2n) is 7.29. The van der Waals surface area contributed by atoms with Crippen LogP contribution in [0, 0.1) is 0 Å². The molecule has 2 fully saturated rings. The summed E-state index contributed by atoms with van der Waals surface area (Å²) in [4.78, 5) is 18.8. The van der Waals surface area contributed by atoms with E-state index in [2.05, 4.69) is 10.1 Å². The number of amides is 1.